The highest BCUT2D eigenvalue weighted by Gasteiger charge is 2.26. The summed E-state index contributed by atoms with van der Waals surface area (Å²) in [5, 5.41) is 2.32. The molecule has 0 saturated carbocycles. The van der Waals surface area contributed by atoms with Gasteiger partial charge in [0.15, 0.2) is 0 Å². The number of hydrogen-bond acceptors (Lipinski definition) is 5. The minimum absolute atomic E-state index is 0.0575. The lowest BCUT2D eigenvalue weighted by Gasteiger charge is -2.36. The van der Waals surface area contributed by atoms with Gasteiger partial charge < -0.3 is 19.3 Å². The van der Waals surface area contributed by atoms with Gasteiger partial charge >= 0.3 is 0 Å². The molecule has 1 aliphatic heterocycles. The van der Waals surface area contributed by atoms with Crippen molar-refractivity contribution in [1.29, 1.82) is 0 Å². The van der Waals surface area contributed by atoms with Crippen molar-refractivity contribution in [3.8, 4) is 28.6 Å². The standard InChI is InChI=1S/C33H32N4O3/c1-23-7-9-25(10-8-23)32-34-31(22-37(32)28-5-4-6-29(21-28)39-2)33(38)36-17-15-35(16-18-36)27-13-11-24-12-14-30(40-3)20-26(24)19-27/h4-14,19-22H,15-18H2,1-3H3. The number of piperazine rings is 1. The number of imidazole rings is 1. The molecule has 6 rings (SSSR count). The molecule has 7 nitrogen and oxygen atoms in total. The van der Waals surface area contributed by atoms with E-state index in [9.17, 15) is 4.79 Å². The molecule has 1 saturated heterocycles. The molecule has 0 unspecified atom stereocenters. The highest BCUT2D eigenvalue weighted by atomic mass is 16.5. The van der Waals surface area contributed by atoms with E-state index in [2.05, 4.69) is 54.3 Å². The first-order valence-electron chi connectivity index (χ1n) is 13.5. The maximum atomic E-state index is 13.7. The van der Waals surface area contributed by atoms with Crippen molar-refractivity contribution in [2.45, 2.75) is 6.92 Å². The van der Waals surface area contributed by atoms with E-state index in [1.54, 1.807) is 14.2 Å². The lowest BCUT2D eigenvalue weighted by atomic mass is 10.1. The van der Waals surface area contributed by atoms with Gasteiger partial charge in [-0.3, -0.25) is 9.36 Å². The number of ether oxygens (including phenoxy) is 2. The van der Waals surface area contributed by atoms with Gasteiger partial charge in [-0.1, -0.05) is 48.0 Å². The fourth-order valence-corrected chi connectivity index (χ4v) is 5.21. The van der Waals surface area contributed by atoms with Crippen LogP contribution in [-0.2, 0) is 0 Å². The second-order valence-electron chi connectivity index (χ2n) is 10.1. The first-order valence-corrected chi connectivity index (χ1v) is 13.5. The number of rotatable bonds is 6. The summed E-state index contributed by atoms with van der Waals surface area (Å²) < 4.78 is 12.8. The molecule has 1 fully saturated rings. The number of aryl methyl sites for hydroxylation is 1. The summed E-state index contributed by atoms with van der Waals surface area (Å²) in [5.41, 5.74) is 4.59. The second-order valence-corrected chi connectivity index (χ2v) is 10.1. The molecule has 0 bridgehead atoms. The molecule has 0 spiro atoms. The Morgan fingerprint density at radius 3 is 2.23 bits per heavy atom. The third-order valence-corrected chi connectivity index (χ3v) is 7.53. The molecule has 0 radical (unpaired) electrons. The van der Waals surface area contributed by atoms with Crippen molar-refractivity contribution in [2.24, 2.45) is 0 Å². The first-order chi connectivity index (χ1) is 19.5. The van der Waals surface area contributed by atoms with Gasteiger partial charge in [0.2, 0.25) is 0 Å². The Morgan fingerprint density at radius 1 is 0.750 bits per heavy atom. The maximum Gasteiger partial charge on any atom is 0.274 e. The third kappa shape index (κ3) is 4.98. The second kappa shape index (κ2) is 10.8. The van der Waals surface area contributed by atoms with Crippen LogP contribution in [-0.4, -0.2) is 60.8 Å². The topological polar surface area (TPSA) is 59.8 Å². The molecule has 202 valence electrons. The number of anilines is 1. The quantitative estimate of drug-likeness (QED) is 0.269. The van der Waals surface area contributed by atoms with Crippen molar-refractivity contribution in [3.05, 3.63) is 102 Å². The summed E-state index contributed by atoms with van der Waals surface area (Å²) in [6.07, 6.45) is 1.84. The zero-order valence-corrected chi connectivity index (χ0v) is 23.0. The average molecular weight is 533 g/mol. The number of carbonyl (C=O) groups is 1. The smallest absolute Gasteiger partial charge is 0.274 e. The Bertz CT molecular complexity index is 1670. The fourth-order valence-electron chi connectivity index (χ4n) is 5.21. The van der Waals surface area contributed by atoms with E-state index in [0.29, 0.717) is 18.8 Å². The number of nitrogens with zero attached hydrogens (tertiary/aromatic N) is 4. The molecule has 1 amide bonds. The highest BCUT2D eigenvalue weighted by molar-refractivity contribution is 5.93. The number of methoxy groups -OCH3 is 2. The predicted molar refractivity (Wildman–Crippen MR) is 159 cm³/mol. The molecule has 7 heteroatoms. The van der Waals surface area contributed by atoms with Crippen molar-refractivity contribution in [3.63, 3.8) is 0 Å². The van der Waals surface area contributed by atoms with E-state index in [1.165, 1.54) is 10.9 Å². The first kappa shape index (κ1) is 25.5. The Hall–Kier alpha value is -4.78. The van der Waals surface area contributed by atoms with Crippen LogP contribution in [0.25, 0.3) is 27.8 Å². The van der Waals surface area contributed by atoms with E-state index >= 15 is 0 Å². The molecule has 1 aromatic heterocycles. The largest absolute Gasteiger partial charge is 0.497 e. The van der Waals surface area contributed by atoms with Crippen molar-refractivity contribution in [2.75, 3.05) is 45.3 Å². The summed E-state index contributed by atoms with van der Waals surface area (Å²) >= 11 is 0. The molecule has 0 atom stereocenters. The van der Waals surface area contributed by atoms with E-state index in [0.717, 1.165) is 52.7 Å². The normalized spacial score (nSPS) is 13.5. The lowest BCUT2D eigenvalue weighted by molar-refractivity contribution is 0.0741. The molecule has 40 heavy (non-hydrogen) atoms. The molecule has 2 heterocycles. The monoisotopic (exact) mass is 532 g/mol. The SMILES string of the molecule is COc1cccc(-n2cc(C(=O)N3CCN(c4ccc5ccc(OC)cc5c4)CC3)nc2-c2ccc(C)cc2)c1. The molecule has 4 aromatic carbocycles. The molecule has 1 aliphatic rings. The third-order valence-electron chi connectivity index (χ3n) is 7.53. The zero-order chi connectivity index (χ0) is 27.6. The molecule has 0 N–H and O–H groups in total. The number of carbonyl (C=O) groups excluding carboxylic acids is 1. The van der Waals surface area contributed by atoms with Gasteiger partial charge in [0, 0.05) is 49.7 Å². The van der Waals surface area contributed by atoms with Gasteiger partial charge in [0.1, 0.15) is 23.0 Å². The number of hydrogen-bond donors (Lipinski definition) is 0. The van der Waals surface area contributed by atoms with Crippen LogP contribution in [0.5, 0.6) is 11.5 Å². The van der Waals surface area contributed by atoms with E-state index in [1.807, 2.05) is 58.1 Å². The van der Waals surface area contributed by atoms with Crippen LogP contribution in [0.4, 0.5) is 5.69 Å². The Labute approximate surface area is 234 Å². The number of aromatic nitrogens is 2. The Kier molecular flexibility index (Phi) is 6.86. The van der Waals surface area contributed by atoms with Gasteiger partial charge in [-0.15, -0.1) is 0 Å². The van der Waals surface area contributed by atoms with E-state index in [-0.39, 0.29) is 5.91 Å². The summed E-state index contributed by atoms with van der Waals surface area (Å²) in [6, 6.07) is 28.6. The van der Waals surface area contributed by atoms with Crippen molar-refractivity contribution in [1.82, 2.24) is 14.5 Å². The number of fused-ring (bicyclic) bond motifs is 1. The number of amides is 1. The Morgan fingerprint density at radius 2 is 1.48 bits per heavy atom. The summed E-state index contributed by atoms with van der Waals surface area (Å²) in [7, 11) is 3.34. The molecular formula is C33H32N4O3. The van der Waals surface area contributed by atoms with Crippen LogP contribution in [0, 0.1) is 6.92 Å². The van der Waals surface area contributed by atoms with Gasteiger partial charge in [-0.2, -0.15) is 0 Å². The number of benzene rings is 4. The molecular weight excluding hydrogens is 500 g/mol. The van der Waals surface area contributed by atoms with Gasteiger partial charge in [0.05, 0.1) is 19.9 Å². The fraction of sp³-hybridized carbons (Fsp3) is 0.212. The van der Waals surface area contributed by atoms with Crippen LogP contribution in [0.3, 0.4) is 0 Å². The van der Waals surface area contributed by atoms with Gasteiger partial charge in [0.25, 0.3) is 5.91 Å². The Balaban J connectivity index is 1.24. The average Bonchev–Trinajstić information content (AvgIpc) is 3.46. The summed E-state index contributed by atoms with van der Waals surface area (Å²) in [6.45, 7) is 4.81. The van der Waals surface area contributed by atoms with Crippen LogP contribution < -0.4 is 14.4 Å². The van der Waals surface area contributed by atoms with Gasteiger partial charge in [-0.25, -0.2) is 4.98 Å². The zero-order valence-electron chi connectivity index (χ0n) is 23.0. The molecule has 0 aliphatic carbocycles. The van der Waals surface area contributed by atoms with Crippen LogP contribution in [0.1, 0.15) is 16.1 Å². The van der Waals surface area contributed by atoms with Crippen LogP contribution in [0.2, 0.25) is 0 Å². The van der Waals surface area contributed by atoms with E-state index < -0.39 is 0 Å². The highest BCUT2D eigenvalue weighted by Crippen LogP contribution is 2.28. The minimum atomic E-state index is -0.0575. The van der Waals surface area contributed by atoms with Crippen molar-refractivity contribution >= 4 is 22.4 Å². The minimum Gasteiger partial charge on any atom is -0.497 e. The van der Waals surface area contributed by atoms with E-state index in [4.69, 9.17) is 14.5 Å². The lowest BCUT2D eigenvalue weighted by Crippen LogP contribution is -2.48. The predicted octanol–water partition coefficient (Wildman–Crippen LogP) is 5.98. The van der Waals surface area contributed by atoms with Crippen LogP contribution in [0.15, 0.2) is 91.1 Å². The summed E-state index contributed by atoms with van der Waals surface area (Å²) in [4.78, 5) is 22.8. The molecule has 5 aromatic rings. The maximum absolute atomic E-state index is 13.7. The van der Waals surface area contributed by atoms with Crippen molar-refractivity contribution < 1.29 is 14.3 Å². The van der Waals surface area contributed by atoms with Gasteiger partial charge in [-0.05, 0) is 54.1 Å². The summed E-state index contributed by atoms with van der Waals surface area (Å²) in [5.74, 6) is 2.26. The van der Waals surface area contributed by atoms with Crippen LogP contribution >= 0.6 is 0 Å².